The first-order chi connectivity index (χ1) is 5.88. The van der Waals surface area contributed by atoms with Crippen molar-refractivity contribution in [2.75, 3.05) is 19.8 Å². The Morgan fingerprint density at radius 1 is 1.75 bits per heavy atom. The summed E-state index contributed by atoms with van der Waals surface area (Å²) >= 11 is 1.51. The number of hydrogen-bond acceptors (Lipinski definition) is 5. The topological polar surface area (TPSA) is 68.4 Å². The highest BCUT2D eigenvalue weighted by Crippen LogP contribution is 2.15. The molecule has 4 nitrogen and oxygen atoms in total. The van der Waals surface area contributed by atoms with Crippen LogP contribution in [0.25, 0.3) is 0 Å². The van der Waals surface area contributed by atoms with Crippen LogP contribution in [-0.2, 0) is 4.74 Å². The quantitative estimate of drug-likeness (QED) is 0.690. The summed E-state index contributed by atoms with van der Waals surface area (Å²) in [5.74, 6) is 0. The molecule has 0 bridgehead atoms. The third kappa shape index (κ3) is 2.53. The SMILES string of the molecule is NCC(OCCO)c1cscn1. The van der Waals surface area contributed by atoms with Crippen LogP contribution in [0.4, 0.5) is 0 Å². The number of aliphatic hydroxyl groups is 1. The maximum Gasteiger partial charge on any atom is 0.113 e. The Hall–Kier alpha value is -0.490. The number of aliphatic hydroxyl groups excluding tert-OH is 1. The van der Waals surface area contributed by atoms with Crippen molar-refractivity contribution in [3.05, 3.63) is 16.6 Å². The van der Waals surface area contributed by atoms with Crippen molar-refractivity contribution in [1.82, 2.24) is 4.98 Å². The normalized spacial score (nSPS) is 13.2. The first kappa shape index (κ1) is 9.60. The van der Waals surface area contributed by atoms with Gasteiger partial charge in [0.2, 0.25) is 0 Å². The van der Waals surface area contributed by atoms with E-state index in [2.05, 4.69) is 4.98 Å². The van der Waals surface area contributed by atoms with Gasteiger partial charge in [-0.05, 0) is 0 Å². The smallest absolute Gasteiger partial charge is 0.113 e. The molecule has 1 rings (SSSR count). The lowest BCUT2D eigenvalue weighted by Crippen LogP contribution is -2.17. The van der Waals surface area contributed by atoms with Crippen molar-refractivity contribution in [2.24, 2.45) is 5.73 Å². The minimum Gasteiger partial charge on any atom is -0.394 e. The van der Waals surface area contributed by atoms with E-state index in [1.54, 1.807) is 5.51 Å². The fraction of sp³-hybridized carbons (Fsp3) is 0.571. The van der Waals surface area contributed by atoms with Gasteiger partial charge in [-0.3, -0.25) is 0 Å². The monoisotopic (exact) mass is 188 g/mol. The molecule has 1 atom stereocenters. The Balaban J connectivity index is 2.45. The van der Waals surface area contributed by atoms with Gasteiger partial charge in [0.05, 0.1) is 24.4 Å². The number of rotatable bonds is 5. The van der Waals surface area contributed by atoms with Crippen molar-refractivity contribution in [3.63, 3.8) is 0 Å². The number of nitrogens with zero attached hydrogens (tertiary/aromatic N) is 1. The molecule has 0 radical (unpaired) electrons. The van der Waals surface area contributed by atoms with Crippen LogP contribution in [0.15, 0.2) is 10.9 Å². The first-order valence-corrected chi connectivity index (χ1v) is 4.63. The lowest BCUT2D eigenvalue weighted by Gasteiger charge is -2.12. The van der Waals surface area contributed by atoms with Gasteiger partial charge in [0.15, 0.2) is 0 Å². The highest BCUT2D eigenvalue weighted by molar-refractivity contribution is 7.07. The van der Waals surface area contributed by atoms with Crippen molar-refractivity contribution < 1.29 is 9.84 Å². The lowest BCUT2D eigenvalue weighted by molar-refractivity contribution is 0.0309. The second-order valence-corrected chi connectivity index (χ2v) is 2.95. The molecule has 5 heteroatoms. The predicted molar refractivity (Wildman–Crippen MR) is 46.9 cm³/mol. The molecule has 0 aliphatic carbocycles. The molecule has 1 unspecified atom stereocenters. The van der Waals surface area contributed by atoms with Crippen LogP contribution >= 0.6 is 11.3 Å². The maximum absolute atomic E-state index is 8.52. The lowest BCUT2D eigenvalue weighted by atomic mass is 10.3. The summed E-state index contributed by atoms with van der Waals surface area (Å²) < 4.78 is 5.25. The average molecular weight is 188 g/mol. The zero-order valence-electron chi connectivity index (χ0n) is 6.64. The van der Waals surface area contributed by atoms with Gasteiger partial charge in [0, 0.05) is 11.9 Å². The van der Waals surface area contributed by atoms with Gasteiger partial charge in [-0.15, -0.1) is 11.3 Å². The molecule has 0 amide bonds. The van der Waals surface area contributed by atoms with E-state index in [0.717, 1.165) is 5.69 Å². The summed E-state index contributed by atoms with van der Waals surface area (Å²) in [6, 6.07) is 0. The van der Waals surface area contributed by atoms with Crippen LogP contribution in [0, 0.1) is 0 Å². The zero-order valence-corrected chi connectivity index (χ0v) is 7.46. The van der Waals surface area contributed by atoms with Crippen molar-refractivity contribution in [2.45, 2.75) is 6.10 Å². The molecule has 0 fully saturated rings. The number of thiazole rings is 1. The van der Waals surface area contributed by atoms with E-state index < -0.39 is 0 Å². The summed E-state index contributed by atoms with van der Waals surface area (Å²) in [6.45, 7) is 0.712. The molecule has 0 aromatic carbocycles. The first-order valence-electron chi connectivity index (χ1n) is 3.69. The molecular weight excluding hydrogens is 176 g/mol. The van der Waals surface area contributed by atoms with E-state index >= 15 is 0 Å². The van der Waals surface area contributed by atoms with Crippen LogP contribution in [0.5, 0.6) is 0 Å². The number of nitrogens with two attached hydrogens (primary N) is 1. The Kier molecular flexibility index (Phi) is 4.16. The third-order valence-corrected chi connectivity index (χ3v) is 2.01. The van der Waals surface area contributed by atoms with Crippen molar-refractivity contribution in [1.29, 1.82) is 0 Å². The summed E-state index contributed by atoms with van der Waals surface area (Å²) in [5.41, 5.74) is 8.04. The summed E-state index contributed by atoms with van der Waals surface area (Å²) in [7, 11) is 0. The minimum atomic E-state index is -0.177. The molecule has 0 aliphatic heterocycles. The molecule has 12 heavy (non-hydrogen) atoms. The number of hydrogen-bond donors (Lipinski definition) is 2. The summed E-state index contributed by atoms with van der Waals surface area (Å²) in [4.78, 5) is 4.07. The van der Waals surface area contributed by atoms with Gasteiger partial charge < -0.3 is 15.6 Å². The molecule has 0 saturated carbocycles. The Morgan fingerprint density at radius 3 is 3.08 bits per heavy atom. The van der Waals surface area contributed by atoms with E-state index in [-0.39, 0.29) is 12.7 Å². The van der Waals surface area contributed by atoms with Gasteiger partial charge in [0.1, 0.15) is 6.10 Å². The van der Waals surface area contributed by atoms with Crippen LogP contribution in [0.1, 0.15) is 11.8 Å². The zero-order chi connectivity index (χ0) is 8.81. The van der Waals surface area contributed by atoms with E-state index in [9.17, 15) is 0 Å². The van der Waals surface area contributed by atoms with E-state index in [1.807, 2.05) is 5.38 Å². The van der Waals surface area contributed by atoms with Crippen molar-refractivity contribution >= 4 is 11.3 Å². The van der Waals surface area contributed by atoms with Crippen LogP contribution in [0.3, 0.4) is 0 Å². The Morgan fingerprint density at radius 2 is 2.58 bits per heavy atom. The Labute approximate surface area is 75.0 Å². The maximum atomic E-state index is 8.52. The summed E-state index contributed by atoms with van der Waals surface area (Å²) in [5, 5.41) is 10.4. The molecule has 0 aliphatic rings. The van der Waals surface area contributed by atoms with E-state index in [1.165, 1.54) is 11.3 Å². The van der Waals surface area contributed by atoms with Crippen LogP contribution in [-0.4, -0.2) is 29.8 Å². The van der Waals surface area contributed by atoms with Gasteiger partial charge in [0.25, 0.3) is 0 Å². The van der Waals surface area contributed by atoms with Gasteiger partial charge in [-0.2, -0.15) is 0 Å². The fourth-order valence-electron chi connectivity index (χ4n) is 0.850. The predicted octanol–water partition coefficient (Wildman–Crippen LogP) is 0.152. The Bertz CT molecular complexity index is 203. The minimum absolute atomic E-state index is 0.0145. The molecule has 1 aromatic heterocycles. The standard InChI is InChI=1S/C7H12N2O2S/c8-3-7(11-2-1-10)6-4-12-5-9-6/h4-5,7,10H,1-3,8H2. The van der Waals surface area contributed by atoms with Crippen LogP contribution in [0.2, 0.25) is 0 Å². The largest absolute Gasteiger partial charge is 0.394 e. The van der Waals surface area contributed by atoms with E-state index in [0.29, 0.717) is 13.2 Å². The van der Waals surface area contributed by atoms with Crippen LogP contribution < -0.4 is 5.73 Å². The van der Waals surface area contributed by atoms with Gasteiger partial charge in [-0.25, -0.2) is 4.98 Å². The molecule has 3 N–H and O–H groups in total. The molecule has 1 heterocycles. The molecule has 0 saturated heterocycles. The second kappa shape index (κ2) is 5.21. The third-order valence-electron chi connectivity index (χ3n) is 1.41. The fourth-order valence-corrected chi connectivity index (χ4v) is 1.45. The van der Waals surface area contributed by atoms with Gasteiger partial charge in [-0.1, -0.05) is 0 Å². The van der Waals surface area contributed by atoms with Crippen molar-refractivity contribution in [3.8, 4) is 0 Å². The van der Waals surface area contributed by atoms with Gasteiger partial charge >= 0.3 is 0 Å². The number of aromatic nitrogens is 1. The highest BCUT2D eigenvalue weighted by atomic mass is 32.1. The average Bonchev–Trinajstić information content (AvgIpc) is 2.59. The second-order valence-electron chi connectivity index (χ2n) is 2.23. The molecule has 1 aromatic rings. The van der Waals surface area contributed by atoms with E-state index in [4.69, 9.17) is 15.6 Å². The molecular formula is C7H12N2O2S. The summed E-state index contributed by atoms with van der Waals surface area (Å²) in [6.07, 6.45) is -0.177. The molecule has 0 spiro atoms. The number of ether oxygens (including phenoxy) is 1. The highest BCUT2D eigenvalue weighted by Gasteiger charge is 2.10. The molecule has 68 valence electrons.